The van der Waals surface area contributed by atoms with Crippen LogP contribution in [0, 0.1) is 6.92 Å². The lowest BCUT2D eigenvalue weighted by Crippen LogP contribution is -2.03. The highest BCUT2D eigenvalue weighted by atomic mass is 32.1. The number of hydrogen-bond acceptors (Lipinski definition) is 5. The van der Waals surface area contributed by atoms with E-state index in [1.54, 1.807) is 6.07 Å². The van der Waals surface area contributed by atoms with Gasteiger partial charge < -0.3 is 10.3 Å². The van der Waals surface area contributed by atoms with Gasteiger partial charge in [0.25, 0.3) is 0 Å². The topological polar surface area (TPSA) is 64.9 Å². The van der Waals surface area contributed by atoms with Gasteiger partial charge in [0.1, 0.15) is 5.01 Å². The predicted octanol–water partition coefficient (Wildman–Crippen LogP) is 6.77. The Morgan fingerprint density at radius 3 is 2.45 bits per heavy atom. The van der Waals surface area contributed by atoms with E-state index in [0.717, 1.165) is 50.8 Å². The molecule has 2 N–H and O–H groups in total. The first-order chi connectivity index (χ1) is 14.6. The van der Waals surface area contributed by atoms with E-state index in [9.17, 15) is 13.2 Å². The normalized spacial score (nSPS) is 12.2. The first-order valence-corrected chi connectivity index (χ1v) is 10.8. The first-order valence-electron chi connectivity index (χ1n) is 9.95. The van der Waals surface area contributed by atoms with Gasteiger partial charge >= 0.3 is 6.18 Å². The van der Waals surface area contributed by atoms with Crippen LogP contribution in [0.2, 0.25) is 0 Å². The average Bonchev–Trinajstić information content (AvgIpc) is 3.30. The van der Waals surface area contributed by atoms with Crippen molar-refractivity contribution in [1.82, 2.24) is 10.1 Å². The van der Waals surface area contributed by atoms with Gasteiger partial charge in [0, 0.05) is 27.6 Å². The lowest BCUT2D eigenvalue weighted by atomic mass is 10.0. The van der Waals surface area contributed by atoms with Crippen molar-refractivity contribution in [3.05, 3.63) is 63.8 Å². The van der Waals surface area contributed by atoms with Crippen molar-refractivity contribution in [3.8, 4) is 10.6 Å². The molecule has 4 nitrogen and oxygen atoms in total. The number of aromatic nitrogens is 2. The molecule has 0 saturated carbocycles. The summed E-state index contributed by atoms with van der Waals surface area (Å²) in [6.07, 6.45) is -2.96. The summed E-state index contributed by atoms with van der Waals surface area (Å²) in [5.74, 6) is 0.200. The number of aryl methyl sites for hydroxylation is 3. The number of alkyl halides is 3. The third kappa shape index (κ3) is 4.30. The highest BCUT2D eigenvalue weighted by molar-refractivity contribution is 7.15. The molecule has 4 aromatic rings. The van der Waals surface area contributed by atoms with Crippen LogP contribution < -0.4 is 5.73 Å². The Kier molecular flexibility index (Phi) is 5.51. The molecule has 0 radical (unpaired) electrons. The fourth-order valence-electron chi connectivity index (χ4n) is 3.49. The largest absolute Gasteiger partial charge is 0.416 e. The van der Waals surface area contributed by atoms with Crippen molar-refractivity contribution in [2.75, 3.05) is 5.73 Å². The summed E-state index contributed by atoms with van der Waals surface area (Å²) < 4.78 is 44.0. The Morgan fingerprint density at radius 2 is 1.81 bits per heavy atom. The van der Waals surface area contributed by atoms with Crippen LogP contribution in [0.25, 0.3) is 21.5 Å². The van der Waals surface area contributed by atoms with Gasteiger partial charge in [-0.3, -0.25) is 0 Å². The molecule has 0 saturated heterocycles. The number of benzene rings is 2. The lowest BCUT2D eigenvalue weighted by molar-refractivity contribution is -0.137. The fourth-order valence-corrected chi connectivity index (χ4v) is 4.71. The smallest absolute Gasteiger partial charge is 0.398 e. The molecule has 0 unspecified atom stereocenters. The molecule has 0 fully saturated rings. The van der Waals surface area contributed by atoms with Crippen LogP contribution in [-0.4, -0.2) is 10.1 Å². The summed E-state index contributed by atoms with van der Waals surface area (Å²) in [5, 5.41) is 5.88. The van der Waals surface area contributed by atoms with Crippen LogP contribution >= 0.6 is 11.3 Å². The van der Waals surface area contributed by atoms with Gasteiger partial charge in [-0.1, -0.05) is 31.1 Å². The number of nitrogen functional groups attached to an aromatic ring is 1. The lowest BCUT2D eigenvalue weighted by Gasteiger charge is -2.06. The van der Waals surface area contributed by atoms with Crippen molar-refractivity contribution < 1.29 is 17.7 Å². The van der Waals surface area contributed by atoms with Crippen LogP contribution in [0.15, 0.2) is 40.9 Å². The molecule has 8 heteroatoms. The number of hydrogen-bond donors (Lipinski definition) is 1. The molecule has 31 heavy (non-hydrogen) atoms. The molecule has 4 rings (SSSR count). The minimum absolute atomic E-state index is 0.200. The minimum atomic E-state index is -4.35. The molecule has 0 aliphatic carbocycles. The standard InChI is InChI=1S/C23H22F3N3OS/c1-12(2)21-20(9-8-18-16-10-13(3)17(27)11-19(16)30-29-18)31-22(28-21)14-4-6-15(7-5-14)23(24,25)26/h4-7,10-12H,8-9,27H2,1-3H3. The Balaban J connectivity index is 1.60. The molecule has 2 aromatic heterocycles. The number of nitrogens with zero attached hydrogens (tertiary/aromatic N) is 2. The zero-order chi connectivity index (χ0) is 22.3. The highest BCUT2D eigenvalue weighted by Gasteiger charge is 2.30. The molecule has 2 heterocycles. The van der Waals surface area contributed by atoms with Crippen molar-refractivity contribution in [2.24, 2.45) is 0 Å². The molecular formula is C23H22F3N3OS. The maximum atomic E-state index is 12.9. The second-order valence-electron chi connectivity index (χ2n) is 7.89. The summed E-state index contributed by atoms with van der Waals surface area (Å²) in [6.45, 7) is 6.07. The van der Waals surface area contributed by atoms with E-state index in [4.69, 9.17) is 15.2 Å². The quantitative estimate of drug-likeness (QED) is 0.344. The van der Waals surface area contributed by atoms with Gasteiger partial charge in [-0.05, 0) is 49.4 Å². The van der Waals surface area contributed by atoms with Crippen LogP contribution in [0.1, 0.15) is 47.2 Å². The van der Waals surface area contributed by atoms with E-state index in [-0.39, 0.29) is 5.92 Å². The Bertz CT molecular complexity index is 1220. The van der Waals surface area contributed by atoms with E-state index < -0.39 is 11.7 Å². The third-order valence-corrected chi connectivity index (χ3v) is 6.44. The molecule has 162 valence electrons. The van der Waals surface area contributed by atoms with Crippen molar-refractivity contribution in [2.45, 2.75) is 45.7 Å². The second kappa shape index (κ2) is 8.00. The van der Waals surface area contributed by atoms with Gasteiger partial charge in [0.05, 0.1) is 17.0 Å². The van der Waals surface area contributed by atoms with Crippen LogP contribution in [0.3, 0.4) is 0 Å². The molecule has 0 bridgehead atoms. The predicted molar refractivity (Wildman–Crippen MR) is 117 cm³/mol. The Morgan fingerprint density at radius 1 is 1.10 bits per heavy atom. The summed E-state index contributed by atoms with van der Waals surface area (Å²) >= 11 is 1.52. The first kappa shape index (κ1) is 21.4. The summed E-state index contributed by atoms with van der Waals surface area (Å²) in [5.41, 5.74) is 10.1. The average molecular weight is 446 g/mol. The SMILES string of the molecule is Cc1cc2c(CCc3sc(-c4ccc(C(F)(F)F)cc4)nc3C(C)C)noc2cc1N. The molecule has 2 aromatic carbocycles. The van der Waals surface area contributed by atoms with E-state index in [0.29, 0.717) is 23.3 Å². The van der Waals surface area contributed by atoms with E-state index in [1.165, 1.54) is 23.5 Å². The fraction of sp³-hybridized carbons (Fsp3) is 0.304. The highest BCUT2D eigenvalue weighted by Crippen LogP contribution is 2.35. The zero-order valence-corrected chi connectivity index (χ0v) is 18.2. The van der Waals surface area contributed by atoms with Crippen LogP contribution in [0.5, 0.6) is 0 Å². The van der Waals surface area contributed by atoms with E-state index in [1.807, 2.05) is 13.0 Å². The molecule has 0 amide bonds. The van der Waals surface area contributed by atoms with E-state index >= 15 is 0 Å². The van der Waals surface area contributed by atoms with Gasteiger partial charge in [-0.25, -0.2) is 4.98 Å². The Labute approximate surface area is 181 Å². The molecular weight excluding hydrogens is 423 g/mol. The molecule has 0 atom stereocenters. The number of anilines is 1. The molecule has 0 aliphatic rings. The number of nitrogens with two attached hydrogens (primary N) is 1. The van der Waals surface area contributed by atoms with Gasteiger partial charge in [0.2, 0.25) is 0 Å². The van der Waals surface area contributed by atoms with Crippen LogP contribution in [0.4, 0.5) is 18.9 Å². The van der Waals surface area contributed by atoms with Crippen molar-refractivity contribution >= 4 is 28.0 Å². The maximum Gasteiger partial charge on any atom is 0.416 e. The van der Waals surface area contributed by atoms with E-state index in [2.05, 4.69) is 19.0 Å². The monoisotopic (exact) mass is 445 g/mol. The Hall–Kier alpha value is -2.87. The number of halogens is 3. The molecule has 0 spiro atoms. The van der Waals surface area contributed by atoms with Gasteiger partial charge in [0.15, 0.2) is 5.58 Å². The van der Waals surface area contributed by atoms with Crippen molar-refractivity contribution in [1.29, 1.82) is 0 Å². The summed E-state index contributed by atoms with van der Waals surface area (Å²) in [6, 6.07) is 8.93. The second-order valence-corrected chi connectivity index (χ2v) is 8.98. The van der Waals surface area contributed by atoms with Crippen molar-refractivity contribution in [3.63, 3.8) is 0 Å². The summed E-state index contributed by atoms with van der Waals surface area (Å²) in [4.78, 5) is 5.84. The zero-order valence-electron chi connectivity index (χ0n) is 17.4. The minimum Gasteiger partial charge on any atom is -0.398 e. The van der Waals surface area contributed by atoms with Gasteiger partial charge in [-0.15, -0.1) is 11.3 Å². The van der Waals surface area contributed by atoms with Gasteiger partial charge in [-0.2, -0.15) is 13.2 Å². The number of fused-ring (bicyclic) bond motifs is 1. The third-order valence-electron chi connectivity index (χ3n) is 5.26. The number of thiazole rings is 1. The maximum absolute atomic E-state index is 12.9. The number of rotatable bonds is 5. The molecule has 0 aliphatic heterocycles. The van der Waals surface area contributed by atoms with Crippen LogP contribution in [-0.2, 0) is 19.0 Å². The summed E-state index contributed by atoms with van der Waals surface area (Å²) in [7, 11) is 0.